The Hall–Kier alpha value is -4.13. The number of carbonyl (C=O) groups is 1. The van der Waals surface area contributed by atoms with Crippen LogP contribution in [-0.2, 0) is 11.3 Å². The Morgan fingerprint density at radius 1 is 1.00 bits per heavy atom. The van der Waals surface area contributed by atoms with Gasteiger partial charge in [-0.3, -0.25) is 0 Å². The van der Waals surface area contributed by atoms with Crippen LogP contribution in [0, 0.1) is 0 Å². The van der Waals surface area contributed by atoms with E-state index in [-0.39, 0.29) is 18.1 Å². The molecule has 0 saturated carbocycles. The number of hydrogen-bond acceptors (Lipinski definition) is 6. The topological polar surface area (TPSA) is 78.3 Å². The summed E-state index contributed by atoms with van der Waals surface area (Å²) in [5.74, 6) is 1.21. The van der Waals surface area contributed by atoms with Gasteiger partial charge < -0.3 is 14.8 Å². The summed E-state index contributed by atoms with van der Waals surface area (Å²) < 4.78 is 12.6. The summed E-state index contributed by atoms with van der Waals surface area (Å²) >= 11 is 0. The molecule has 7 nitrogen and oxygen atoms in total. The lowest BCUT2D eigenvalue weighted by Crippen LogP contribution is -2.28. The quantitative estimate of drug-likeness (QED) is 0.435. The standard InChI is InChI=1S/C26H24N4O3/c1-32-25(31)21-9-7-18(8-10-21)16-33-22-13-11-20(12-14-22)24-15-23(19-5-3-2-4-6-19)29-26-27-17-28-30(24)26/h2-14,17,23-24H,15-16H2,1H3,(H,27,28,29)/t23-,24-/m1/s1. The molecule has 0 unspecified atom stereocenters. The van der Waals surface area contributed by atoms with Crippen molar-refractivity contribution in [2.75, 3.05) is 12.4 Å². The van der Waals surface area contributed by atoms with Crippen LogP contribution in [0.2, 0.25) is 0 Å². The number of nitrogens with zero attached hydrogens (tertiary/aromatic N) is 3. The molecule has 0 amide bonds. The van der Waals surface area contributed by atoms with Crippen molar-refractivity contribution in [3.63, 3.8) is 0 Å². The van der Waals surface area contributed by atoms with Crippen LogP contribution in [0.3, 0.4) is 0 Å². The minimum Gasteiger partial charge on any atom is -0.489 e. The maximum atomic E-state index is 11.6. The maximum Gasteiger partial charge on any atom is 0.337 e. The first-order chi connectivity index (χ1) is 16.2. The molecule has 0 aliphatic carbocycles. The molecule has 0 fully saturated rings. The van der Waals surface area contributed by atoms with Gasteiger partial charge in [-0.1, -0.05) is 54.6 Å². The first-order valence-corrected chi connectivity index (χ1v) is 10.8. The highest BCUT2D eigenvalue weighted by molar-refractivity contribution is 5.89. The van der Waals surface area contributed by atoms with E-state index in [4.69, 9.17) is 9.47 Å². The van der Waals surface area contributed by atoms with Gasteiger partial charge in [-0.15, -0.1) is 0 Å². The van der Waals surface area contributed by atoms with Gasteiger partial charge in [0.05, 0.1) is 24.8 Å². The zero-order valence-electron chi connectivity index (χ0n) is 18.2. The molecule has 1 aliphatic rings. The summed E-state index contributed by atoms with van der Waals surface area (Å²) in [5.41, 5.74) is 3.88. The molecular formula is C26H24N4O3. The highest BCUT2D eigenvalue weighted by atomic mass is 16.5. The number of anilines is 1. The third kappa shape index (κ3) is 4.43. The van der Waals surface area contributed by atoms with E-state index in [0.29, 0.717) is 12.2 Å². The van der Waals surface area contributed by atoms with Crippen molar-refractivity contribution < 1.29 is 14.3 Å². The van der Waals surface area contributed by atoms with Gasteiger partial charge in [-0.05, 0) is 47.4 Å². The van der Waals surface area contributed by atoms with E-state index in [2.05, 4.69) is 51.8 Å². The monoisotopic (exact) mass is 440 g/mol. The fourth-order valence-electron chi connectivity index (χ4n) is 4.11. The van der Waals surface area contributed by atoms with Gasteiger partial charge in [0, 0.05) is 0 Å². The van der Waals surface area contributed by atoms with E-state index in [1.807, 2.05) is 35.0 Å². The van der Waals surface area contributed by atoms with E-state index < -0.39 is 0 Å². The number of ether oxygens (including phenoxy) is 2. The van der Waals surface area contributed by atoms with Crippen LogP contribution in [0.15, 0.2) is 85.2 Å². The van der Waals surface area contributed by atoms with Gasteiger partial charge >= 0.3 is 5.97 Å². The molecule has 3 aromatic carbocycles. The largest absolute Gasteiger partial charge is 0.489 e. The fraction of sp³-hybridized carbons (Fsp3) is 0.192. The number of aromatic nitrogens is 3. The van der Waals surface area contributed by atoms with Crippen molar-refractivity contribution in [2.24, 2.45) is 0 Å². The lowest BCUT2D eigenvalue weighted by Gasteiger charge is -2.31. The van der Waals surface area contributed by atoms with Crippen LogP contribution in [-0.4, -0.2) is 27.8 Å². The molecule has 1 aromatic heterocycles. The number of benzene rings is 3. The molecule has 1 N–H and O–H groups in total. The molecule has 0 spiro atoms. The minimum absolute atomic E-state index is 0.0777. The third-order valence-electron chi connectivity index (χ3n) is 5.88. The smallest absolute Gasteiger partial charge is 0.337 e. The predicted molar refractivity (Wildman–Crippen MR) is 124 cm³/mol. The third-order valence-corrected chi connectivity index (χ3v) is 5.88. The molecule has 4 aromatic rings. The van der Waals surface area contributed by atoms with Crippen LogP contribution in [0.25, 0.3) is 0 Å². The summed E-state index contributed by atoms with van der Waals surface area (Å²) in [6, 6.07) is 26.0. The highest BCUT2D eigenvalue weighted by Gasteiger charge is 2.29. The van der Waals surface area contributed by atoms with Gasteiger partial charge in [0.25, 0.3) is 0 Å². The van der Waals surface area contributed by atoms with Crippen molar-refractivity contribution >= 4 is 11.9 Å². The average Bonchev–Trinajstić information content (AvgIpc) is 3.36. The molecule has 33 heavy (non-hydrogen) atoms. The van der Waals surface area contributed by atoms with E-state index in [9.17, 15) is 4.79 Å². The van der Waals surface area contributed by atoms with Gasteiger partial charge in [-0.25, -0.2) is 9.48 Å². The van der Waals surface area contributed by atoms with Crippen molar-refractivity contribution in [3.05, 3.63) is 107 Å². The molecule has 5 rings (SSSR count). The Morgan fingerprint density at radius 2 is 1.76 bits per heavy atom. The first kappa shape index (κ1) is 20.8. The summed E-state index contributed by atoms with van der Waals surface area (Å²) in [7, 11) is 1.37. The van der Waals surface area contributed by atoms with Crippen LogP contribution in [0.5, 0.6) is 5.75 Å². The number of esters is 1. The zero-order chi connectivity index (χ0) is 22.6. The molecule has 0 bridgehead atoms. The molecule has 2 atom stereocenters. The van der Waals surface area contributed by atoms with Crippen molar-refractivity contribution in [2.45, 2.75) is 25.1 Å². The average molecular weight is 441 g/mol. The van der Waals surface area contributed by atoms with Crippen molar-refractivity contribution in [1.29, 1.82) is 0 Å². The summed E-state index contributed by atoms with van der Waals surface area (Å²) in [5, 5.41) is 7.94. The van der Waals surface area contributed by atoms with Crippen molar-refractivity contribution in [1.82, 2.24) is 14.8 Å². The number of methoxy groups -OCH3 is 1. The molecule has 0 radical (unpaired) electrons. The number of carbonyl (C=O) groups excluding carboxylic acids is 1. The van der Waals surface area contributed by atoms with Crippen LogP contribution in [0.4, 0.5) is 5.95 Å². The van der Waals surface area contributed by atoms with Crippen LogP contribution < -0.4 is 10.1 Å². The Labute approximate surface area is 192 Å². The van der Waals surface area contributed by atoms with E-state index >= 15 is 0 Å². The molecular weight excluding hydrogens is 416 g/mol. The Balaban J connectivity index is 1.28. The molecule has 2 heterocycles. The minimum atomic E-state index is -0.346. The van der Waals surface area contributed by atoms with Gasteiger partial charge in [0.15, 0.2) is 0 Å². The number of rotatable bonds is 6. The summed E-state index contributed by atoms with van der Waals surface area (Å²) in [6.07, 6.45) is 2.46. The fourth-order valence-corrected chi connectivity index (χ4v) is 4.11. The molecule has 1 aliphatic heterocycles. The van der Waals surface area contributed by atoms with Gasteiger partial charge in [0.1, 0.15) is 18.7 Å². The Bertz CT molecular complexity index is 1220. The summed E-state index contributed by atoms with van der Waals surface area (Å²) in [6.45, 7) is 0.414. The zero-order valence-corrected chi connectivity index (χ0v) is 18.2. The lowest BCUT2D eigenvalue weighted by molar-refractivity contribution is 0.0600. The predicted octanol–water partition coefficient (Wildman–Crippen LogP) is 4.79. The second-order valence-electron chi connectivity index (χ2n) is 7.93. The highest BCUT2D eigenvalue weighted by Crippen LogP contribution is 2.37. The van der Waals surface area contributed by atoms with E-state index in [0.717, 1.165) is 29.2 Å². The second kappa shape index (κ2) is 9.16. The normalized spacial score (nSPS) is 17.0. The molecule has 7 heteroatoms. The second-order valence-corrected chi connectivity index (χ2v) is 7.93. The van der Waals surface area contributed by atoms with Crippen LogP contribution in [0.1, 0.15) is 45.6 Å². The molecule has 166 valence electrons. The number of hydrogen-bond donors (Lipinski definition) is 1. The van der Waals surface area contributed by atoms with Crippen LogP contribution >= 0.6 is 0 Å². The maximum absolute atomic E-state index is 11.6. The number of fused-ring (bicyclic) bond motifs is 1. The first-order valence-electron chi connectivity index (χ1n) is 10.8. The number of nitrogens with one attached hydrogen (secondary N) is 1. The van der Waals surface area contributed by atoms with Gasteiger partial charge in [-0.2, -0.15) is 10.1 Å². The SMILES string of the molecule is COC(=O)c1ccc(COc2ccc([C@H]3C[C@H](c4ccccc4)Nc4ncnn43)cc2)cc1. The van der Waals surface area contributed by atoms with E-state index in [1.54, 1.807) is 18.5 Å². The Kier molecular flexibility index (Phi) is 5.76. The Morgan fingerprint density at radius 3 is 2.48 bits per heavy atom. The molecule has 0 saturated heterocycles. The van der Waals surface area contributed by atoms with Gasteiger partial charge in [0.2, 0.25) is 5.95 Å². The van der Waals surface area contributed by atoms with E-state index in [1.165, 1.54) is 12.7 Å². The summed E-state index contributed by atoms with van der Waals surface area (Å²) in [4.78, 5) is 16.0. The van der Waals surface area contributed by atoms with Crippen molar-refractivity contribution in [3.8, 4) is 5.75 Å². The lowest BCUT2D eigenvalue weighted by atomic mass is 9.93.